The van der Waals surface area contributed by atoms with E-state index in [0.29, 0.717) is 5.89 Å². The van der Waals surface area contributed by atoms with E-state index in [1.165, 1.54) is 38.4 Å². The van der Waals surface area contributed by atoms with E-state index in [4.69, 9.17) is 9.40 Å². The monoisotopic (exact) mass is 578 g/mol. The number of hydrogen-bond donors (Lipinski definition) is 0. The van der Waals surface area contributed by atoms with E-state index in [0.717, 1.165) is 39.1 Å². The van der Waals surface area contributed by atoms with Gasteiger partial charge in [-0.2, -0.15) is 0 Å². The lowest BCUT2D eigenvalue weighted by Crippen LogP contribution is -2.16. The Morgan fingerprint density at radius 1 is 0.556 bits per heavy atom. The molecule has 0 unspecified atom stereocenters. The molecule has 0 amide bonds. The second kappa shape index (κ2) is 9.67. The molecule has 1 aromatic heterocycles. The van der Waals surface area contributed by atoms with Gasteiger partial charge >= 0.3 is 0 Å². The Balaban J connectivity index is 1.20. The van der Waals surface area contributed by atoms with Gasteiger partial charge in [-0.15, -0.1) is 0 Å². The lowest BCUT2D eigenvalue weighted by Gasteiger charge is -2.27. The molecule has 1 heterocycles. The minimum absolute atomic E-state index is 0.179. The fourth-order valence-corrected chi connectivity index (χ4v) is 7.31. The molecule has 0 spiro atoms. The summed E-state index contributed by atoms with van der Waals surface area (Å²) in [6.07, 6.45) is 0. The van der Waals surface area contributed by atoms with Crippen LogP contribution in [-0.4, -0.2) is 4.98 Å². The molecule has 1 aliphatic rings. The van der Waals surface area contributed by atoms with Gasteiger partial charge in [0.2, 0.25) is 5.89 Å². The molecule has 7 aromatic carbocycles. The molecule has 3 nitrogen and oxygen atoms in total. The smallest absolute Gasteiger partial charge is 0.227 e. The van der Waals surface area contributed by atoms with E-state index in [-0.39, 0.29) is 5.41 Å². The second-order valence-corrected chi connectivity index (χ2v) is 12.4. The zero-order valence-electron chi connectivity index (χ0n) is 25.2. The maximum absolute atomic E-state index is 6.55. The molecule has 214 valence electrons. The van der Waals surface area contributed by atoms with Crippen LogP contribution in [0.2, 0.25) is 0 Å². The van der Waals surface area contributed by atoms with Crippen LogP contribution in [0.5, 0.6) is 0 Å². The standard InChI is InChI=1S/C42H30N2O/c1-42(2)37-23-19-32(44(30-13-5-3-6-14-30)31-15-7-4-8-16-31)26-36(37)34-20-21-35-33(39(34)42)22-24-38-40(35)45-41(43-38)29-18-17-27-11-9-10-12-28(27)25-29/h3-26H,1-2H3. The summed E-state index contributed by atoms with van der Waals surface area (Å²) >= 11 is 0. The van der Waals surface area contributed by atoms with Crippen LogP contribution in [0.3, 0.4) is 0 Å². The maximum Gasteiger partial charge on any atom is 0.227 e. The highest BCUT2D eigenvalue weighted by Gasteiger charge is 2.37. The topological polar surface area (TPSA) is 29.3 Å². The molecule has 45 heavy (non-hydrogen) atoms. The number of para-hydroxylation sites is 2. The van der Waals surface area contributed by atoms with E-state index in [2.05, 4.69) is 164 Å². The van der Waals surface area contributed by atoms with Crippen LogP contribution in [0.4, 0.5) is 17.1 Å². The van der Waals surface area contributed by atoms with E-state index in [1.54, 1.807) is 0 Å². The molecule has 0 aliphatic heterocycles. The van der Waals surface area contributed by atoms with Crippen LogP contribution in [0.25, 0.3) is 55.2 Å². The van der Waals surface area contributed by atoms with Gasteiger partial charge in [0, 0.05) is 33.4 Å². The van der Waals surface area contributed by atoms with E-state index >= 15 is 0 Å². The van der Waals surface area contributed by atoms with Crippen molar-refractivity contribution in [1.82, 2.24) is 4.98 Å². The maximum atomic E-state index is 6.55. The number of hydrogen-bond acceptors (Lipinski definition) is 3. The first-order valence-electron chi connectivity index (χ1n) is 15.5. The lowest BCUT2D eigenvalue weighted by atomic mass is 9.80. The molecule has 0 radical (unpaired) electrons. The molecular weight excluding hydrogens is 548 g/mol. The average molecular weight is 579 g/mol. The molecular formula is C42H30N2O. The van der Waals surface area contributed by atoms with Crippen molar-refractivity contribution in [2.24, 2.45) is 0 Å². The van der Waals surface area contributed by atoms with Crippen molar-refractivity contribution >= 4 is 49.7 Å². The molecule has 1 aliphatic carbocycles. The van der Waals surface area contributed by atoms with Crippen LogP contribution in [0, 0.1) is 0 Å². The Kier molecular flexibility index (Phi) is 5.54. The highest BCUT2D eigenvalue weighted by Crippen LogP contribution is 2.53. The normalized spacial score (nSPS) is 13.3. The molecule has 8 aromatic rings. The van der Waals surface area contributed by atoms with E-state index in [1.807, 2.05) is 0 Å². The zero-order valence-corrected chi connectivity index (χ0v) is 25.2. The van der Waals surface area contributed by atoms with Crippen molar-refractivity contribution in [2.45, 2.75) is 19.3 Å². The van der Waals surface area contributed by atoms with Crippen molar-refractivity contribution in [3.63, 3.8) is 0 Å². The first kappa shape index (κ1) is 25.8. The molecule has 0 saturated carbocycles. The highest BCUT2D eigenvalue weighted by molar-refractivity contribution is 6.09. The van der Waals surface area contributed by atoms with Gasteiger partial charge in [-0.05, 0) is 99.1 Å². The number of nitrogens with zero attached hydrogens (tertiary/aromatic N) is 2. The minimum Gasteiger partial charge on any atom is -0.435 e. The third kappa shape index (κ3) is 3.94. The van der Waals surface area contributed by atoms with Gasteiger partial charge in [0.1, 0.15) is 5.52 Å². The predicted octanol–water partition coefficient (Wildman–Crippen LogP) is 11.6. The summed E-state index contributed by atoms with van der Waals surface area (Å²) in [5, 5.41) is 4.70. The zero-order chi connectivity index (χ0) is 30.1. The van der Waals surface area contributed by atoms with Gasteiger partial charge in [-0.25, -0.2) is 4.98 Å². The van der Waals surface area contributed by atoms with Crippen molar-refractivity contribution in [2.75, 3.05) is 4.90 Å². The molecule has 0 N–H and O–H groups in total. The Morgan fingerprint density at radius 2 is 1.24 bits per heavy atom. The Hall–Kier alpha value is -5.67. The summed E-state index contributed by atoms with van der Waals surface area (Å²) in [4.78, 5) is 7.26. The molecule has 0 bridgehead atoms. The number of rotatable bonds is 4. The third-order valence-corrected chi connectivity index (χ3v) is 9.43. The number of benzene rings is 7. The van der Waals surface area contributed by atoms with Gasteiger partial charge in [0.05, 0.1) is 0 Å². The van der Waals surface area contributed by atoms with E-state index < -0.39 is 0 Å². The van der Waals surface area contributed by atoms with Crippen LogP contribution in [-0.2, 0) is 5.41 Å². The van der Waals surface area contributed by atoms with Gasteiger partial charge in [0.25, 0.3) is 0 Å². The van der Waals surface area contributed by atoms with Crippen LogP contribution < -0.4 is 4.90 Å². The summed E-state index contributed by atoms with van der Waals surface area (Å²) in [5.74, 6) is 0.651. The summed E-state index contributed by atoms with van der Waals surface area (Å²) in [7, 11) is 0. The van der Waals surface area contributed by atoms with E-state index in [9.17, 15) is 0 Å². The fourth-order valence-electron chi connectivity index (χ4n) is 7.31. The van der Waals surface area contributed by atoms with Gasteiger partial charge in [0.15, 0.2) is 5.58 Å². The lowest BCUT2D eigenvalue weighted by molar-refractivity contribution is 0.623. The van der Waals surface area contributed by atoms with Crippen LogP contribution in [0.1, 0.15) is 25.0 Å². The average Bonchev–Trinajstić information content (AvgIpc) is 3.62. The first-order valence-corrected chi connectivity index (χ1v) is 15.5. The molecule has 9 rings (SSSR count). The molecule has 0 saturated heterocycles. The highest BCUT2D eigenvalue weighted by atomic mass is 16.3. The third-order valence-electron chi connectivity index (χ3n) is 9.43. The number of fused-ring (bicyclic) bond motifs is 8. The summed E-state index contributed by atoms with van der Waals surface area (Å²) < 4.78 is 6.55. The molecule has 0 atom stereocenters. The Morgan fingerprint density at radius 3 is 2.00 bits per heavy atom. The van der Waals surface area contributed by atoms with Crippen molar-refractivity contribution in [1.29, 1.82) is 0 Å². The number of anilines is 3. The van der Waals surface area contributed by atoms with Crippen LogP contribution in [0.15, 0.2) is 150 Å². The van der Waals surface area contributed by atoms with Crippen molar-refractivity contribution < 1.29 is 4.42 Å². The number of oxazole rings is 1. The van der Waals surface area contributed by atoms with Gasteiger partial charge < -0.3 is 9.32 Å². The van der Waals surface area contributed by atoms with Crippen molar-refractivity contribution in [3.8, 4) is 22.6 Å². The largest absolute Gasteiger partial charge is 0.435 e. The first-order chi connectivity index (χ1) is 22.1. The quantitative estimate of drug-likeness (QED) is 0.208. The van der Waals surface area contributed by atoms with Crippen LogP contribution >= 0.6 is 0 Å². The Labute approximate surface area is 262 Å². The summed E-state index contributed by atoms with van der Waals surface area (Å²) in [5.41, 5.74) is 11.2. The fraction of sp³-hybridized carbons (Fsp3) is 0.0714. The Bertz CT molecular complexity index is 2360. The predicted molar refractivity (Wildman–Crippen MR) is 187 cm³/mol. The summed E-state index contributed by atoms with van der Waals surface area (Å²) in [6, 6.07) is 51.7. The number of aromatic nitrogens is 1. The van der Waals surface area contributed by atoms with Crippen molar-refractivity contribution in [3.05, 3.63) is 157 Å². The second-order valence-electron chi connectivity index (χ2n) is 12.4. The molecule has 3 heteroatoms. The molecule has 0 fully saturated rings. The summed E-state index contributed by atoms with van der Waals surface area (Å²) in [6.45, 7) is 4.68. The minimum atomic E-state index is -0.179. The van der Waals surface area contributed by atoms with Gasteiger partial charge in [-0.1, -0.05) is 98.8 Å². The van der Waals surface area contributed by atoms with Gasteiger partial charge in [-0.3, -0.25) is 0 Å². The SMILES string of the molecule is CC1(C)c2ccc(N(c3ccccc3)c3ccccc3)cc2-c2ccc3c(ccc4nc(-c5ccc6ccccc6c5)oc43)c21.